The van der Waals surface area contributed by atoms with E-state index in [2.05, 4.69) is 51.9 Å². The van der Waals surface area contributed by atoms with Crippen LogP contribution in [0.5, 0.6) is 0 Å². The van der Waals surface area contributed by atoms with Crippen LogP contribution in [0.1, 0.15) is 55.1 Å². The molecule has 0 amide bonds. The third kappa shape index (κ3) is 4.97. The molecule has 7 rings (SSSR count). The summed E-state index contributed by atoms with van der Waals surface area (Å²) in [7, 11) is -3.78. The Morgan fingerprint density at radius 3 is 2.69 bits per heavy atom. The Kier molecular flexibility index (Phi) is 6.79. The van der Waals surface area contributed by atoms with Gasteiger partial charge < -0.3 is 5.73 Å². The molecule has 2 aromatic heterocycles. The summed E-state index contributed by atoms with van der Waals surface area (Å²) in [6.07, 6.45) is 23.2. The average molecular weight is 580 g/mol. The van der Waals surface area contributed by atoms with Gasteiger partial charge in [0, 0.05) is 24.7 Å². The molecule has 1 unspecified atom stereocenters. The number of aromatic nitrogens is 3. The maximum Gasteiger partial charge on any atom is 0.296 e. The number of dihydropyridines is 1. The number of imidazole rings is 1. The highest BCUT2D eigenvalue weighted by Gasteiger charge is 2.36. The van der Waals surface area contributed by atoms with Crippen LogP contribution in [0.3, 0.4) is 0 Å². The fourth-order valence-electron chi connectivity index (χ4n) is 6.17. The van der Waals surface area contributed by atoms with Crippen LogP contribution in [0.15, 0.2) is 100 Å². The number of aliphatic imine (C=N–C) groups is 1. The summed E-state index contributed by atoms with van der Waals surface area (Å²) in [4.78, 5) is 14.8. The number of nitrogens with zero attached hydrogens (tertiary/aromatic N) is 4. The molecule has 3 aromatic rings. The maximum absolute atomic E-state index is 12.7. The number of nitrogens with two attached hydrogens (primary N) is 1. The summed E-state index contributed by atoms with van der Waals surface area (Å²) in [5.74, 6) is 1.67. The Morgan fingerprint density at radius 1 is 1.07 bits per heavy atom. The minimum absolute atomic E-state index is 0.0278. The highest BCUT2D eigenvalue weighted by molar-refractivity contribution is 7.86. The van der Waals surface area contributed by atoms with Crippen molar-refractivity contribution in [2.24, 2.45) is 10.9 Å². The van der Waals surface area contributed by atoms with E-state index in [1.54, 1.807) is 30.5 Å². The van der Waals surface area contributed by atoms with Gasteiger partial charge in [0.05, 0.1) is 28.9 Å². The molecule has 0 radical (unpaired) electrons. The van der Waals surface area contributed by atoms with Crippen molar-refractivity contribution < 1.29 is 12.6 Å². The van der Waals surface area contributed by atoms with Crippen molar-refractivity contribution in [1.29, 1.82) is 0 Å². The van der Waals surface area contributed by atoms with Gasteiger partial charge in [0.15, 0.2) is 0 Å². The number of hydrogen-bond acceptors (Lipinski definition) is 7. The Balaban J connectivity index is 1.10. The first-order valence-electron chi connectivity index (χ1n) is 14.5. The molecule has 4 aliphatic rings. The van der Waals surface area contributed by atoms with Crippen LogP contribution in [0.4, 0.5) is 5.82 Å². The SMILES string of the molecule is Cc1ccc(S(=O)(=O)OC[C@H]2C[C@@H](c3nc(C4=CC=C5C=CC(C6=CCCC=C6)=NC5C4)c4c(N)nccn43)C2)cc1. The lowest BCUT2D eigenvalue weighted by Crippen LogP contribution is -2.28. The fraction of sp³-hybridized carbons (Fsp3) is 0.303. The monoisotopic (exact) mass is 579 g/mol. The van der Waals surface area contributed by atoms with Crippen LogP contribution in [0.25, 0.3) is 11.1 Å². The molecule has 8 nitrogen and oxygen atoms in total. The molecule has 2 N–H and O–H groups in total. The van der Waals surface area contributed by atoms with Gasteiger partial charge in [0.2, 0.25) is 0 Å². The van der Waals surface area contributed by atoms with Gasteiger partial charge in [-0.1, -0.05) is 54.2 Å². The minimum atomic E-state index is -3.78. The number of hydrogen-bond donors (Lipinski definition) is 1. The standard InChI is InChI=1S/C33H33N5O3S/c1-21-7-12-27(13-8-21)42(39,40)41-20-22-17-26(18-22)33-37-30(31-32(34)35-15-16-38(31)33)25-10-9-24-11-14-28(36-29(24)19-25)23-5-3-2-4-6-23/h3,5-16,22,26,29H,2,4,17-20H2,1H3,(H2,34,35)/t22-,26+,29?. The summed E-state index contributed by atoms with van der Waals surface area (Å²) >= 11 is 0. The number of aryl methyl sites for hydroxylation is 1. The summed E-state index contributed by atoms with van der Waals surface area (Å²) in [6.45, 7) is 2.08. The predicted octanol–water partition coefficient (Wildman–Crippen LogP) is 5.89. The lowest BCUT2D eigenvalue weighted by atomic mass is 9.75. The lowest BCUT2D eigenvalue weighted by Gasteiger charge is -2.34. The fourth-order valence-corrected chi connectivity index (χ4v) is 7.14. The molecular formula is C33H33N5O3S. The van der Waals surface area contributed by atoms with Crippen LogP contribution < -0.4 is 5.73 Å². The van der Waals surface area contributed by atoms with Gasteiger partial charge in [-0.2, -0.15) is 8.42 Å². The van der Waals surface area contributed by atoms with E-state index in [9.17, 15) is 8.42 Å². The highest BCUT2D eigenvalue weighted by atomic mass is 32.2. The van der Waals surface area contributed by atoms with Gasteiger partial charge in [-0.3, -0.25) is 13.6 Å². The minimum Gasteiger partial charge on any atom is -0.382 e. The topological polar surface area (TPSA) is 112 Å². The molecule has 1 aliphatic heterocycles. The molecule has 3 aliphatic carbocycles. The smallest absolute Gasteiger partial charge is 0.296 e. The largest absolute Gasteiger partial charge is 0.382 e. The van der Waals surface area contributed by atoms with E-state index < -0.39 is 10.1 Å². The molecule has 0 saturated heterocycles. The second-order valence-electron chi connectivity index (χ2n) is 11.5. The molecule has 0 bridgehead atoms. The number of fused-ring (bicyclic) bond motifs is 2. The van der Waals surface area contributed by atoms with Crippen molar-refractivity contribution in [3.05, 3.63) is 107 Å². The molecular weight excluding hydrogens is 546 g/mol. The van der Waals surface area contributed by atoms with E-state index in [-0.39, 0.29) is 29.4 Å². The third-order valence-electron chi connectivity index (χ3n) is 8.58. The predicted molar refractivity (Wildman–Crippen MR) is 165 cm³/mol. The summed E-state index contributed by atoms with van der Waals surface area (Å²) < 4.78 is 32.8. The van der Waals surface area contributed by atoms with Crippen LogP contribution in [-0.4, -0.2) is 41.1 Å². The first-order valence-corrected chi connectivity index (χ1v) is 15.9. The molecule has 3 heterocycles. The third-order valence-corrected chi connectivity index (χ3v) is 9.87. The van der Waals surface area contributed by atoms with Gasteiger partial charge in [0.1, 0.15) is 17.2 Å². The number of allylic oxidation sites excluding steroid dienone is 7. The van der Waals surface area contributed by atoms with Crippen molar-refractivity contribution in [2.75, 3.05) is 12.3 Å². The Morgan fingerprint density at radius 2 is 1.90 bits per heavy atom. The highest BCUT2D eigenvalue weighted by Crippen LogP contribution is 2.44. The van der Waals surface area contributed by atoms with Crippen LogP contribution in [0.2, 0.25) is 0 Å². The molecule has 1 aromatic carbocycles. The van der Waals surface area contributed by atoms with Gasteiger partial charge in [0.25, 0.3) is 10.1 Å². The Labute approximate surface area is 245 Å². The molecule has 42 heavy (non-hydrogen) atoms. The second kappa shape index (κ2) is 10.6. The second-order valence-corrected chi connectivity index (χ2v) is 13.1. The summed E-state index contributed by atoms with van der Waals surface area (Å²) in [5.41, 5.74) is 13.6. The van der Waals surface area contributed by atoms with E-state index in [1.807, 2.05) is 13.1 Å². The molecule has 1 fully saturated rings. The first-order chi connectivity index (χ1) is 20.4. The molecule has 0 spiro atoms. The van der Waals surface area contributed by atoms with Crippen molar-refractivity contribution in [3.8, 4) is 0 Å². The van der Waals surface area contributed by atoms with E-state index in [0.29, 0.717) is 5.82 Å². The van der Waals surface area contributed by atoms with Gasteiger partial charge in [-0.15, -0.1) is 0 Å². The van der Waals surface area contributed by atoms with E-state index in [1.165, 1.54) is 11.1 Å². The summed E-state index contributed by atoms with van der Waals surface area (Å²) in [5, 5.41) is 0. The zero-order valence-electron chi connectivity index (χ0n) is 23.5. The number of rotatable bonds is 7. The van der Waals surface area contributed by atoms with Crippen molar-refractivity contribution in [2.45, 2.75) is 55.9 Å². The zero-order valence-corrected chi connectivity index (χ0v) is 24.3. The number of anilines is 1. The van der Waals surface area contributed by atoms with Crippen LogP contribution in [-0.2, 0) is 14.3 Å². The Hall–Kier alpha value is -4.08. The molecule has 1 atom stereocenters. The van der Waals surface area contributed by atoms with E-state index in [4.69, 9.17) is 19.9 Å². The zero-order chi connectivity index (χ0) is 28.8. The molecule has 214 valence electrons. The molecule has 1 saturated carbocycles. The van der Waals surface area contributed by atoms with Crippen molar-refractivity contribution in [3.63, 3.8) is 0 Å². The quantitative estimate of drug-likeness (QED) is 0.350. The summed E-state index contributed by atoms with van der Waals surface area (Å²) in [6, 6.07) is 6.75. The van der Waals surface area contributed by atoms with Crippen LogP contribution >= 0.6 is 0 Å². The number of nitrogen functional groups attached to an aromatic ring is 1. The van der Waals surface area contributed by atoms with E-state index >= 15 is 0 Å². The Bertz CT molecular complexity index is 1850. The van der Waals surface area contributed by atoms with Gasteiger partial charge >= 0.3 is 0 Å². The average Bonchev–Trinajstić information content (AvgIpc) is 3.37. The van der Waals surface area contributed by atoms with Crippen molar-refractivity contribution in [1.82, 2.24) is 14.4 Å². The molecule has 9 heteroatoms. The lowest BCUT2D eigenvalue weighted by molar-refractivity contribution is 0.158. The van der Waals surface area contributed by atoms with Crippen molar-refractivity contribution >= 4 is 32.7 Å². The normalized spacial score (nSPS) is 23.5. The van der Waals surface area contributed by atoms with Crippen LogP contribution in [0, 0.1) is 12.8 Å². The maximum atomic E-state index is 12.7. The van der Waals surface area contributed by atoms with Gasteiger partial charge in [-0.25, -0.2) is 9.97 Å². The van der Waals surface area contributed by atoms with Gasteiger partial charge in [-0.05, 0) is 73.5 Å². The van der Waals surface area contributed by atoms with E-state index in [0.717, 1.165) is 66.0 Å². The first kappa shape index (κ1) is 26.8. The number of benzene rings is 1.